The Balaban J connectivity index is 1.53. The van der Waals surface area contributed by atoms with Crippen molar-refractivity contribution in [2.24, 2.45) is 5.73 Å². The van der Waals surface area contributed by atoms with E-state index in [1.54, 1.807) is 12.1 Å². The van der Waals surface area contributed by atoms with Crippen molar-refractivity contribution in [3.63, 3.8) is 0 Å². The minimum atomic E-state index is -4.71. The summed E-state index contributed by atoms with van der Waals surface area (Å²) in [5.41, 5.74) is 6.16. The molecular weight excluding hydrogens is 323 g/mol. The summed E-state index contributed by atoms with van der Waals surface area (Å²) in [6.45, 7) is 0. The van der Waals surface area contributed by atoms with Gasteiger partial charge in [-0.1, -0.05) is 23.4 Å². The third kappa shape index (κ3) is 2.75. The fourth-order valence-electron chi connectivity index (χ4n) is 3.19. The number of benzene rings is 1. The van der Waals surface area contributed by atoms with E-state index in [0.717, 1.165) is 19.3 Å². The van der Waals surface area contributed by atoms with Gasteiger partial charge < -0.3 is 15.0 Å². The molecule has 1 aromatic carbocycles. The van der Waals surface area contributed by atoms with Crippen molar-refractivity contribution < 1.29 is 22.4 Å². The molecule has 0 radical (unpaired) electrons. The molecule has 2 unspecified atom stereocenters. The number of hydrogen-bond donors (Lipinski definition) is 1. The average Bonchev–Trinajstić information content (AvgIpc) is 3.12. The minimum absolute atomic E-state index is 0.0899. The topological polar surface area (TPSA) is 74.2 Å². The molecule has 2 saturated carbocycles. The minimum Gasteiger partial charge on any atom is -0.405 e. The van der Waals surface area contributed by atoms with Crippen molar-refractivity contribution in [1.82, 2.24) is 10.1 Å². The fourth-order valence-corrected chi connectivity index (χ4v) is 3.19. The van der Waals surface area contributed by atoms with Gasteiger partial charge in [0, 0.05) is 5.92 Å². The molecule has 1 heterocycles. The summed E-state index contributed by atoms with van der Waals surface area (Å²) in [6.07, 6.45) is -1.38. The number of ether oxygens (including phenoxy) is 1. The van der Waals surface area contributed by atoms with Crippen LogP contribution in [-0.2, 0) is 5.54 Å². The Bertz CT molecular complexity index is 755. The first-order valence-electron chi connectivity index (χ1n) is 7.83. The first kappa shape index (κ1) is 15.4. The molecule has 128 valence electrons. The normalized spacial score (nSPS) is 25.2. The Kier molecular flexibility index (Phi) is 3.35. The van der Waals surface area contributed by atoms with Gasteiger partial charge >= 0.3 is 6.36 Å². The third-order valence-corrected chi connectivity index (χ3v) is 4.78. The van der Waals surface area contributed by atoms with E-state index in [0.29, 0.717) is 23.7 Å². The van der Waals surface area contributed by atoms with Gasteiger partial charge in [-0.15, -0.1) is 13.2 Å². The number of para-hydroxylation sites is 1. The number of rotatable bonds is 4. The van der Waals surface area contributed by atoms with Gasteiger partial charge in [-0.05, 0) is 43.2 Å². The van der Waals surface area contributed by atoms with Crippen molar-refractivity contribution in [3.05, 3.63) is 41.5 Å². The van der Waals surface area contributed by atoms with E-state index in [2.05, 4.69) is 14.9 Å². The van der Waals surface area contributed by atoms with Gasteiger partial charge in [0.25, 0.3) is 0 Å². The number of nitrogens with two attached hydrogens (primary N) is 1. The van der Waals surface area contributed by atoms with Gasteiger partial charge in [-0.2, -0.15) is 4.98 Å². The molecule has 2 aliphatic carbocycles. The summed E-state index contributed by atoms with van der Waals surface area (Å²) < 4.78 is 47.0. The molecule has 0 saturated heterocycles. The van der Waals surface area contributed by atoms with Crippen molar-refractivity contribution in [3.8, 4) is 5.75 Å². The van der Waals surface area contributed by atoms with Gasteiger partial charge in [0.15, 0.2) is 5.82 Å². The Morgan fingerprint density at radius 3 is 2.62 bits per heavy atom. The molecule has 2 atom stereocenters. The van der Waals surface area contributed by atoms with Crippen molar-refractivity contribution >= 4 is 0 Å². The van der Waals surface area contributed by atoms with Gasteiger partial charge in [0.2, 0.25) is 5.89 Å². The molecule has 2 fully saturated rings. The van der Waals surface area contributed by atoms with Gasteiger partial charge in [0.1, 0.15) is 5.75 Å². The first-order valence-corrected chi connectivity index (χ1v) is 7.83. The zero-order chi connectivity index (χ0) is 16.9. The van der Waals surface area contributed by atoms with Gasteiger partial charge in [-0.3, -0.25) is 0 Å². The molecule has 0 bridgehead atoms. The van der Waals surface area contributed by atoms with Gasteiger partial charge in [0.05, 0.1) is 5.54 Å². The molecule has 2 aromatic rings. The summed E-state index contributed by atoms with van der Waals surface area (Å²) in [7, 11) is 0. The van der Waals surface area contributed by atoms with Crippen LogP contribution in [0.15, 0.2) is 28.8 Å². The summed E-state index contributed by atoms with van der Waals surface area (Å²) in [5.74, 6) is 0.550. The van der Waals surface area contributed by atoms with Crippen molar-refractivity contribution in [2.75, 3.05) is 0 Å². The molecule has 8 heteroatoms. The number of nitrogens with zero attached hydrogens (tertiary/aromatic N) is 2. The maximum atomic E-state index is 12.5. The summed E-state index contributed by atoms with van der Waals surface area (Å²) in [6, 6.07) is 6.16. The SMILES string of the molecule is NC1(c2noc(C3CC3c3ccccc3OC(F)(F)F)n2)CCC1. The molecule has 2 aliphatic rings. The Morgan fingerprint density at radius 2 is 1.96 bits per heavy atom. The molecule has 0 aliphatic heterocycles. The van der Waals surface area contributed by atoms with Crippen LogP contribution >= 0.6 is 0 Å². The predicted molar refractivity (Wildman–Crippen MR) is 77.2 cm³/mol. The smallest absolute Gasteiger partial charge is 0.405 e. The number of hydrogen-bond acceptors (Lipinski definition) is 5. The number of alkyl halides is 3. The second-order valence-corrected chi connectivity index (χ2v) is 6.50. The third-order valence-electron chi connectivity index (χ3n) is 4.78. The molecule has 4 rings (SSSR count). The maximum Gasteiger partial charge on any atom is 0.573 e. The van der Waals surface area contributed by atoms with E-state index in [1.807, 2.05) is 0 Å². The Morgan fingerprint density at radius 1 is 1.21 bits per heavy atom. The zero-order valence-electron chi connectivity index (χ0n) is 12.7. The lowest BCUT2D eigenvalue weighted by molar-refractivity contribution is -0.274. The van der Waals surface area contributed by atoms with E-state index < -0.39 is 11.9 Å². The second kappa shape index (κ2) is 5.20. The van der Waals surface area contributed by atoms with E-state index >= 15 is 0 Å². The predicted octanol–water partition coefficient (Wildman–Crippen LogP) is 3.58. The van der Waals surface area contributed by atoms with Crippen LogP contribution in [0.3, 0.4) is 0 Å². The summed E-state index contributed by atoms with van der Waals surface area (Å²) in [5, 5.41) is 3.96. The molecule has 0 spiro atoms. The highest BCUT2D eigenvalue weighted by molar-refractivity contribution is 5.42. The largest absolute Gasteiger partial charge is 0.573 e. The lowest BCUT2D eigenvalue weighted by atomic mass is 9.77. The van der Waals surface area contributed by atoms with Crippen molar-refractivity contribution in [1.29, 1.82) is 0 Å². The van der Waals surface area contributed by atoms with Crippen LogP contribution in [0.1, 0.15) is 54.8 Å². The highest BCUT2D eigenvalue weighted by Gasteiger charge is 2.47. The molecular formula is C16H16F3N3O2. The molecule has 5 nitrogen and oxygen atoms in total. The average molecular weight is 339 g/mol. The van der Waals surface area contributed by atoms with Crippen LogP contribution in [0.25, 0.3) is 0 Å². The summed E-state index contributed by atoms with van der Waals surface area (Å²) >= 11 is 0. The van der Waals surface area contributed by atoms with Crippen LogP contribution in [0, 0.1) is 0 Å². The molecule has 24 heavy (non-hydrogen) atoms. The highest BCUT2D eigenvalue weighted by atomic mass is 19.4. The number of halogens is 3. The van der Waals surface area contributed by atoms with E-state index in [9.17, 15) is 13.2 Å². The maximum absolute atomic E-state index is 12.5. The van der Waals surface area contributed by atoms with Crippen LogP contribution in [0.2, 0.25) is 0 Å². The highest BCUT2D eigenvalue weighted by Crippen LogP contribution is 2.56. The van der Waals surface area contributed by atoms with E-state index in [1.165, 1.54) is 12.1 Å². The monoisotopic (exact) mass is 339 g/mol. The van der Waals surface area contributed by atoms with Crippen LogP contribution in [0.4, 0.5) is 13.2 Å². The van der Waals surface area contributed by atoms with Crippen LogP contribution in [-0.4, -0.2) is 16.5 Å². The molecule has 2 N–H and O–H groups in total. The van der Waals surface area contributed by atoms with Gasteiger partial charge in [-0.25, -0.2) is 0 Å². The lowest BCUT2D eigenvalue weighted by Gasteiger charge is -2.34. The molecule has 0 amide bonds. The Hall–Kier alpha value is -2.09. The van der Waals surface area contributed by atoms with E-state index in [4.69, 9.17) is 10.3 Å². The quantitative estimate of drug-likeness (QED) is 0.922. The first-order chi connectivity index (χ1) is 11.4. The molecule has 1 aromatic heterocycles. The fraction of sp³-hybridized carbons (Fsp3) is 0.500. The van der Waals surface area contributed by atoms with E-state index in [-0.39, 0.29) is 17.6 Å². The zero-order valence-corrected chi connectivity index (χ0v) is 12.7. The lowest BCUT2D eigenvalue weighted by Crippen LogP contribution is -2.44. The Labute approximate surface area is 136 Å². The summed E-state index contributed by atoms with van der Waals surface area (Å²) in [4.78, 5) is 4.38. The van der Waals surface area contributed by atoms with Crippen molar-refractivity contribution in [2.45, 2.75) is 49.4 Å². The van der Waals surface area contributed by atoms with Crippen LogP contribution < -0.4 is 10.5 Å². The second-order valence-electron chi connectivity index (χ2n) is 6.50. The van der Waals surface area contributed by atoms with Crippen LogP contribution in [0.5, 0.6) is 5.75 Å². The standard InChI is InChI=1S/C16H16F3N3O2/c17-16(18,19)23-12-5-2-1-4-9(12)10-8-11(10)13-21-14(22-24-13)15(20)6-3-7-15/h1-2,4-5,10-11H,3,6-8,20H2. The number of aromatic nitrogens is 2.